The number of anilines is 1. The predicted molar refractivity (Wildman–Crippen MR) is 107 cm³/mol. The predicted octanol–water partition coefficient (Wildman–Crippen LogP) is 4.98. The van der Waals surface area contributed by atoms with Crippen molar-refractivity contribution in [3.63, 3.8) is 0 Å². The van der Waals surface area contributed by atoms with Gasteiger partial charge in [0.15, 0.2) is 0 Å². The van der Waals surface area contributed by atoms with Crippen LogP contribution >= 0.6 is 0 Å². The second-order valence-corrected chi connectivity index (χ2v) is 6.19. The van der Waals surface area contributed by atoms with E-state index in [-0.39, 0.29) is 5.91 Å². The molecule has 0 unspecified atom stereocenters. The van der Waals surface area contributed by atoms with Gasteiger partial charge >= 0.3 is 6.09 Å². The van der Waals surface area contributed by atoms with Crippen molar-refractivity contribution in [3.05, 3.63) is 72.3 Å². The van der Waals surface area contributed by atoms with Crippen LogP contribution in [0.5, 0.6) is 5.75 Å². The molecule has 0 atom stereocenters. The smallest absolute Gasteiger partial charge is 0.410 e. The molecule has 0 saturated carbocycles. The highest BCUT2D eigenvalue weighted by molar-refractivity contribution is 6.07. The minimum atomic E-state index is -0.519. The van der Waals surface area contributed by atoms with E-state index in [1.54, 1.807) is 12.1 Å². The highest BCUT2D eigenvalue weighted by atomic mass is 16.6. The summed E-state index contributed by atoms with van der Waals surface area (Å²) in [7, 11) is 0. The Morgan fingerprint density at radius 1 is 0.963 bits per heavy atom. The van der Waals surface area contributed by atoms with E-state index in [1.807, 2.05) is 54.6 Å². The number of carbonyl (C=O) groups is 2. The van der Waals surface area contributed by atoms with Crippen molar-refractivity contribution in [1.29, 1.82) is 0 Å². The van der Waals surface area contributed by atoms with Gasteiger partial charge < -0.3 is 15.4 Å². The molecule has 0 radical (unpaired) electrons. The van der Waals surface area contributed by atoms with Crippen LogP contribution in [0.3, 0.4) is 0 Å². The fourth-order valence-electron chi connectivity index (χ4n) is 2.72. The molecule has 0 aromatic heterocycles. The summed E-state index contributed by atoms with van der Waals surface area (Å²) in [6, 6.07) is 20.1. The van der Waals surface area contributed by atoms with E-state index in [0.29, 0.717) is 23.5 Å². The minimum absolute atomic E-state index is 0.261. The van der Waals surface area contributed by atoms with Gasteiger partial charge in [0.1, 0.15) is 5.75 Å². The maximum absolute atomic E-state index is 12.6. The molecule has 0 heterocycles. The Hall–Kier alpha value is -3.34. The van der Waals surface area contributed by atoms with Gasteiger partial charge in [-0.2, -0.15) is 0 Å². The van der Waals surface area contributed by atoms with Gasteiger partial charge in [-0.25, -0.2) is 4.79 Å². The van der Waals surface area contributed by atoms with Crippen LogP contribution in [0.25, 0.3) is 10.8 Å². The van der Waals surface area contributed by atoms with Gasteiger partial charge in [-0.05, 0) is 36.1 Å². The molecule has 0 aliphatic heterocycles. The van der Waals surface area contributed by atoms with E-state index < -0.39 is 6.09 Å². The second kappa shape index (κ2) is 8.85. The number of nitrogens with one attached hydrogen (secondary N) is 2. The molecule has 3 rings (SSSR count). The van der Waals surface area contributed by atoms with E-state index in [9.17, 15) is 9.59 Å². The molecule has 0 saturated heterocycles. The number of hydrogen-bond acceptors (Lipinski definition) is 3. The number of benzene rings is 3. The zero-order chi connectivity index (χ0) is 19.1. The van der Waals surface area contributed by atoms with E-state index in [0.717, 1.165) is 23.6 Å². The van der Waals surface area contributed by atoms with Gasteiger partial charge in [0.05, 0.1) is 0 Å². The maximum atomic E-state index is 12.6. The Balaban J connectivity index is 1.86. The van der Waals surface area contributed by atoms with Crippen LogP contribution in [-0.2, 0) is 0 Å². The van der Waals surface area contributed by atoms with Crippen LogP contribution in [0.1, 0.15) is 30.1 Å². The number of ether oxygens (including phenoxy) is 1. The average Bonchev–Trinajstić information content (AvgIpc) is 2.69. The molecule has 0 fully saturated rings. The third-order valence-electron chi connectivity index (χ3n) is 4.12. The average molecular weight is 362 g/mol. The van der Waals surface area contributed by atoms with Gasteiger partial charge in [0, 0.05) is 23.2 Å². The Bertz CT molecular complexity index is 939. The fraction of sp³-hybridized carbons (Fsp3) is 0.182. The lowest BCUT2D eigenvalue weighted by atomic mass is 10.1. The molecule has 5 nitrogen and oxygen atoms in total. The van der Waals surface area contributed by atoms with Crippen molar-refractivity contribution in [3.8, 4) is 5.75 Å². The molecule has 5 heteroatoms. The first-order valence-corrected chi connectivity index (χ1v) is 9.02. The summed E-state index contributed by atoms with van der Waals surface area (Å²) in [6.45, 7) is 2.61. The molecule has 0 aliphatic carbocycles. The van der Waals surface area contributed by atoms with Crippen LogP contribution < -0.4 is 15.4 Å². The highest BCUT2D eigenvalue weighted by Gasteiger charge is 2.14. The zero-order valence-corrected chi connectivity index (χ0v) is 15.2. The molecule has 0 spiro atoms. The molecular weight excluding hydrogens is 340 g/mol. The topological polar surface area (TPSA) is 67.4 Å². The Morgan fingerprint density at radius 2 is 1.70 bits per heavy atom. The lowest BCUT2D eigenvalue weighted by molar-refractivity contribution is 0.102. The highest BCUT2D eigenvalue weighted by Crippen LogP contribution is 2.28. The standard InChI is InChI=1S/C22H22N2O3/c1-2-3-13-23-22(26)27-20-15-17(14-16-9-7-8-12-19(16)20)21(25)24-18-10-5-4-6-11-18/h4-12,14-15H,2-3,13H2,1H3,(H,23,26)(H,24,25). The number of hydrogen-bond donors (Lipinski definition) is 2. The Kier molecular flexibility index (Phi) is 6.05. The van der Waals surface area contributed by atoms with Crippen molar-refractivity contribution in [2.45, 2.75) is 19.8 Å². The third kappa shape index (κ3) is 4.85. The van der Waals surface area contributed by atoms with Crippen molar-refractivity contribution in [1.82, 2.24) is 5.32 Å². The van der Waals surface area contributed by atoms with Gasteiger partial charge in [0.2, 0.25) is 0 Å². The summed E-state index contributed by atoms with van der Waals surface area (Å²) in [5.74, 6) is 0.100. The number of amides is 2. The fourth-order valence-corrected chi connectivity index (χ4v) is 2.72. The van der Waals surface area contributed by atoms with Crippen LogP contribution in [0.4, 0.5) is 10.5 Å². The molecule has 0 aliphatic rings. The largest absolute Gasteiger partial charge is 0.412 e. The zero-order valence-electron chi connectivity index (χ0n) is 15.2. The van der Waals surface area contributed by atoms with Gasteiger partial charge in [-0.15, -0.1) is 0 Å². The van der Waals surface area contributed by atoms with Gasteiger partial charge in [-0.1, -0.05) is 55.8 Å². The van der Waals surface area contributed by atoms with E-state index in [4.69, 9.17) is 4.74 Å². The van der Waals surface area contributed by atoms with Crippen molar-refractivity contribution in [2.24, 2.45) is 0 Å². The molecule has 3 aromatic carbocycles. The summed E-state index contributed by atoms with van der Waals surface area (Å²) in [6.07, 6.45) is 1.35. The molecule has 0 bridgehead atoms. The van der Waals surface area contributed by atoms with Crippen LogP contribution in [0, 0.1) is 0 Å². The summed E-state index contributed by atoms with van der Waals surface area (Å²) >= 11 is 0. The van der Waals surface area contributed by atoms with Crippen LogP contribution in [0.2, 0.25) is 0 Å². The quantitative estimate of drug-likeness (QED) is 0.608. The van der Waals surface area contributed by atoms with Crippen LogP contribution in [-0.4, -0.2) is 18.5 Å². The number of para-hydroxylation sites is 1. The number of fused-ring (bicyclic) bond motifs is 1. The SMILES string of the molecule is CCCCNC(=O)Oc1cc(C(=O)Nc2ccccc2)cc2ccccc12. The van der Waals surface area contributed by atoms with Gasteiger partial charge in [0.25, 0.3) is 5.91 Å². The first kappa shape index (κ1) is 18.5. The van der Waals surface area contributed by atoms with Crippen molar-refractivity contribution >= 4 is 28.5 Å². The van der Waals surface area contributed by atoms with E-state index in [1.165, 1.54) is 0 Å². The number of carbonyl (C=O) groups excluding carboxylic acids is 2. The first-order valence-electron chi connectivity index (χ1n) is 9.02. The summed E-state index contributed by atoms with van der Waals surface area (Å²) in [5, 5.41) is 7.18. The van der Waals surface area contributed by atoms with Crippen LogP contribution in [0.15, 0.2) is 66.7 Å². The maximum Gasteiger partial charge on any atom is 0.412 e. The summed E-state index contributed by atoms with van der Waals surface area (Å²) in [4.78, 5) is 24.7. The molecule has 138 valence electrons. The van der Waals surface area contributed by atoms with Gasteiger partial charge in [-0.3, -0.25) is 4.79 Å². The lowest BCUT2D eigenvalue weighted by Crippen LogP contribution is -2.27. The Morgan fingerprint density at radius 3 is 2.48 bits per heavy atom. The molecule has 2 amide bonds. The lowest BCUT2D eigenvalue weighted by Gasteiger charge is -2.12. The first-order chi connectivity index (χ1) is 13.2. The van der Waals surface area contributed by atoms with E-state index in [2.05, 4.69) is 17.6 Å². The second-order valence-electron chi connectivity index (χ2n) is 6.19. The van der Waals surface area contributed by atoms with Crippen molar-refractivity contribution in [2.75, 3.05) is 11.9 Å². The summed E-state index contributed by atoms with van der Waals surface area (Å²) in [5.41, 5.74) is 1.13. The van der Waals surface area contributed by atoms with E-state index >= 15 is 0 Å². The number of unbranched alkanes of at least 4 members (excludes halogenated alkanes) is 1. The minimum Gasteiger partial charge on any atom is -0.410 e. The molecule has 27 heavy (non-hydrogen) atoms. The third-order valence-corrected chi connectivity index (χ3v) is 4.12. The molecule has 2 N–H and O–H groups in total. The monoisotopic (exact) mass is 362 g/mol. The summed E-state index contributed by atoms with van der Waals surface area (Å²) < 4.78 is 5.49. The number of rotatable bonds is 6. The molecule has 3 aromatic rings. The van der Waals surface area contributed by atoms with Crippen molar-refractivity contribution < 1.29 is 14.3 Å². The Labute approximate surface area is 158 Å². The molecular formula is C22H22N2O3. The normalized spacial score (nSPS) is 10.4.